The molecule has 0 radical (unpaired) electrons. The van der Waals surface area contributed by atoms with Gasteiger partial charge in [0, 0.05) is 11.6 Å². The van der Waals surface area contributed by atoms with Crippen molar-refractivity contribution in [2.75, 3.05) is 7.11 Å². The third-order valence-corrected chi connectivity index (χ3v) is 2.37. The molecule has 4 nitrogen and oxygen atoms in total. The summed E-state index contributed by atoms with van der Waals surface area (Å²) < 4.78 is 9.58. The van der Waals surface area contributed by atoms with Crippen LogP contribution in [0.1, 0.15) is 27.2 Å². The van der Waals surface area contributed by atoms with Crippen molar-refractivity contribution in [2.24, 2.45) is 0 Å². The molecule has 0 aliphatic carbocycles. The Morgan fingerprint density at radius 2 is 1.86 bits per heavy atom. The first-order valence-corrected chi connectivity index (χ1v) is 6.64. The van der Waals surface area contributed by atoms with Crippen molar-refractivity contribution < 1.29 is 19.1 Å². The van der Waals surface area contributed by atoms with Gasteiger partial charge in [0.05, 0.1) is 7.11 Å². The molecular weight excluding hydrogens is 280 g/mol. The summed E-state index contributed by atoms with van der Waals surface area (Å²) in [6, 6.07) is 0. The zero-order valence-electron chi connectivity index (χ0n) is 13.1. The van der Waals surface area contributed by atoms with E-state index in [1.165, 1.54) is 19.3 Å². The SMILES string of the molecule is CC=C(C)C(=O)OC(C#CC#CC#CC=CC(=O)OC)CC. The standard InChI is InChI=1S/C18H18O4/c1-5-15(3)18(20)22-16(6-2)13-11-9-7-8-10-12-14-17(19)21-4/h5,12,14,16H,6H2,1-4H3. The van der Waals surface area contributed by atoms with Gasteiger partial charge in [0.15, 0.2) is 6.10 Å². The average molecular weight is 298 g/mol. The highest BCUT2D eigenvalue weighted by atomic mass is 16.5. The second kappa shape index (κ2) is 11.9. The predicted molar refractivity (Wildman–Crippen MR) is 84.1 cm³/mol. The van der Waals surface area contributed by atoms with Crippen LogP contribution in [-0.4, -0.2) is 25.2 Å². The predicted octanol–water partition coefficient (Wildman–Crippen LogP) is 2.01. The maximum atomic E-state index is 11.6. The second-order valence-electron chi connectivity index (χ2n) is 3.92. The number of carbonyl (C=O) groups is 2. The molecular formula is C18H18O4. The normalized spacial score (nSPS) is 11.0. The summed E-state index contributed by atoms with van der Waals surface area (Å²) in [7, 11) is 1.28. The van der Waals surface area contributed by atoms with Crippen LogP contribution in [0.5, 0.6) is 0 Å². The first kappa shape index (κ1) is 19.1. The Bertz CT molecular complexity index is 634. The van der Waals surface area contributed by atoms with Crippen molar-refractivity contribution in [3.63, 3.8) is 0 Å². The van der Waals surface area contributed by atoms with Crippen LogP contribution in [0.3, 0.4) is 0 Å². The van der Waals surface area contributed by atoms with Crippen molar-refractivity contribution in [1.29, 1.82) is 0 Å². The van der Waals surface area contributed by atoms with E-state index in [1.54, 1.807) is 19.9 Å². The summed E-state index contributed by atoms with van der Waals surface area (Å²) in [6.07, 6.45) is 4.29. The summed E-state index contributed by atoms with van der Waals surface area (Å²) in [5.74, 6) is 14.5. The lowest BCUT2D eigenvalue weighted by molar-refractivity contribution is -0.141. The summed E-state index contributed by atoms with van der Waals surface area (Å²) in [6.45, 7) is 5.31. The van der Waals surface area contributed by atoms with E-state index in [2.05, 4.69) is 40.3 Å². The minimum absolute atomic E-state index is 0.385. The lowest BCUT2D eigenvalue weighted by Gasteiger charge is -2.09. The fraction of sp³-hybridized carbons (Fsp3) is 0.333. The first-order valence-electron chi connectivity index (χ1n) is 6.64. The van der Waals surface area contributed by atoms with Gasteiger partial charge in [-0.2, -0.15) is 0 Å². The second-order valence-corrected chi connectivity index (χ2v) is 3.92. The molecule has 0 aliphatic rings. The number of methoxy groups -OCH3 is 1. The molecule has 22 heavy (non-hydrogen) atoms. The van der Waals surface area contributed by atoms with Gasteiger partial charge in [0.2, 0.25) is 0 Å². The van der Waals surface area contributed by atoms with Gasteiger partial charge in [-0.05, 0) is 55.9 Å². The molecule has 1 atom stereocenters. The molecule has 1 unspecified atom stereocenters. The van der Waals surface area contributed by atoms with Crippen LogP contribution >= 0.6 is 0 Å². The number of ether oxygens (including phenoxy) is 2. The number of rotatable bonds is 4. The molecule has 0 saturated carbocycles. The largest absolute Gasteiger partial charge is 0.466 e. The molecule has 0 amide bonds. The Morgan fingerprint density at radius 1 is 1.18 bits per heavy atom. The minimum atomic E-state index is -0.496. The number of hydrogen-bond acceptors (Lipinski definition) is 4. The summed E-state index contributed by atoms with van der Waals surface area (Å²) in [5, 5.41) is 0. The lowest BCUT2D eigenvalue weighted by atomic mass is 10.2. The van der Waals surface area contributed by atoms with E-state index in [1.807, 2.05) is 6.92 Å². The quantitative estimate of drug-likeness (QED) is 0.452. The summed E-state index contributed by atoms with van der Waals surface area (Å²) in [5.41, 5.74) is 0.537. The highest BCUT2D eigenvalue weighted by Gasteiger charge is 2.10. The Labute approximate surface area is 131 Å². The molecule has 114 valence electrons. The van der Waals surface area contributed by atoms with Crippen molar-refractivity contribution in [3.05, 3.63) is 23.8 Å². The molecule has 4 heteroatoms. The number of carbonyl (C=O) groups excluding carboxylic acids is 2. The van der Waals surface area contributed by atoms with Gasteiger partial charge < -0.3 is 9.47 Å². The molecule has 0 spiro atoms. The Kier molecular flexibility index (Phi) is 10.3. The van der Waals surface area contributed by atoms with Crippen molar-refractivity contribution >= 4 is 11.9 Å². The van der Waals surface area contributed by atoms with Gasteiger partial charge in [-0.3, -0.25) is 0 Å². The Hall–Kier alpha value is -2.90. The van der Waals surface area contributed by atoms with Gasteiger partial charge in [0.1, 0.15) is 0 Å². The van der Waals surface area contributed by atoms with Gasteiger partial charge in [-0.15, -0.1) is 0 Å². The molecule has 0 N–H and O–H groups in total. The monoisotopic (exact) mass is 298 g/mol. The van der Waals surface area contributed by atoms with E-state index >= 15 is 0 Å². The minimum Gasteiger partial charge on any atom is -0.466 e. The maximum Gasteiger partial charge on any atom is 0.334 e. The third-order valence-electron chi connectivity index (χ3n) is 2.37. The van der Waals surface area contributed by atoms with Crippen LogP contribution in [-0.2, 0) is 19.1 Å². The van der Waals surface area contributed by atoms with Crippen molar-refractivity contribution in [1.82, 2.24) is 0 Å². The molecule has 0 bridgehead atoms. The van der Waals surface area contributed by atoms with Gasteiger partial charge >= 0.3 is 11.9 Å². The smallest absolute Gasteiger partial charge is 0.334 e. The fourth-order valence-electron chi connectivity index (χ4n) is 0.989. The summed E-state index contributed by atoms with van der Waals surface area (Å²) >= 11 is 0. The van der Waals surface area contributed by atoms with Crippen molar-refractivity contribution in [2.45, 2.75) is 33.3 Å². The summed E-state index contributed by atoms with van der Waals surface area (Å²) in [4.78, 5) is 22.3. The van der Waals surface area contributed by atoms with Crippen LogP contribution in [0.2, 0.25) is 0 Å². The van der Waals surface area contributed by atoms with Crippen LogP contribution in [0.25, 0.3) is 0 Å². The average Bonchev–Trinajstić information content (AvgIpc) is 2.54. The van der Waals surface area contributed by atoms with Gasteiger partial charge in [-0.25, -0.2) is 9.59 Å². The highest BCUT2D eigenvalue weighted by molar-refractivity contribution is 5.87. The zero-order chi connectivity index (χ0) is 16.8. The van der Waals surface area contributed by atoms with Crippen LogP contribution in [0.15, 0.2) is 23.8 Å². The van der Waals surface area contributed by atoms with Crippen LogP contribution < -0.4 is 0 Å². The van der Waals surface area contributed by atoms with E-state index in [4.69, 9.17) is 4.74 Å². The van der Waals surface area contributed by atoms with E-state index in [9.17, 15) is 9.59 Å². The Morgan fingerprint density at radius 3 is 2.45 bits per heavy atom. The molecule has 0 aromatic rings. The van der Waals surface area contributed by atoms with Crippen LogP contribution in [0, 0.1) is 35.5 Å². The van der Waals surface area contributed by atoms with Gasteiger partial charge in [0.25, 0.3) is 0 Å². The molecule has 0 saturated heterocycles. The van der Waals surface area contributed by atoms with Crippen LogP contribution in [0.4, 0.5) is 0 Å². The molecule has 0 heterocycles. The van der Waals surface area contributed by atoms with E-state index in [0.29, 0.717) is 12.0 Å². The lowest BCUT2D eigenvalue weighted by Crippen LogP contribution is -2.16. The topological polar surface area (TPSA) is 52.6 Å². The number of esters is 2. The zero-order valence-corrected chi connectivity index (χ0v) is 13.1. The molecule has 0 rings (SSSR count). The fourth-order valence-corrected chi connectivity index (χ4v) is 0.989. The number of hydrogen-bond donors (Lipinski definition) is 0. The van der Waals surface area contributed by atoms with E-state index in [0.717, 1.165) is 0 Å². The Balaban J connectivity index is 4.53. The van der Waals surface area contributed by atoms with Crippen molar-refractivity contribution in [3.8, 4) is 35.5 Å². The molecule has 0 fully saturated rings. The molecule has 0 aromatic heterocycles. The van der Waals surface area contributed by atoms with E-state index < -0.39 is 12.1 Å². The third kappa shape index (κ3) is 9.08. The molecule has 0 aromatic carbocycles. The maximum absolute atomic E-state index is 11.6. The van der Waals surface area contributed by atoms with Gasteiger partial charge in [-0.1, -0.05) is 18.9 Å². The number of allylic oxidation sites excluding steroid dienone is 2. The van der Waals surface area contributed by atoms with E-state index in [-0.39, 0.29) is 5.97 Å². The first-order chi connectivity index (χ1) is 10.5. The highest BCUT2D eigenvalue weighted by Crippen LogP contribution is 2.02. The molecule has 0 aliphatic heterocycles.